The summed E-state index contributed by atoms with van der Waals surface area (Å²) in [6.07, 6.45) is 0. The maximum absolute atomic E-state index is 12.7. The van der Waals surface area contributed by atoms with E-state index in [0.29, 0.717) is 29.0 Å². The minimum atomic E-state index is -3.55. The zero-order valence-electron chi connectivity index (χ0n) is 16.3. The molecule has 0 radical (unpaired) electrons. The minimum absolute atomic E-state index is 0.0950. The van der Waals surface area contributed by atoms with Gasteiger partial charge < -0.3 is 4.90 Å². The van der Waals surface area contributed by atoms with E-state index in [1.54, 1.807) is 53.4 Å². The number of benzene rings is 2. The molecule has 1 aliphatic heterocycles. The van der Waals surface area contributed by atoms with E-state index < -0.39 is 10.0 Å². The Morgan fingerprint density at radius 1 is 1.03 bits per heavy atom. The molecule has 9 nitrogen and oxygen atoms in total. The van der Waals surface area contributed by atoms with Gasteiger partial charge in [0.1, 0.15) is 0 Å². The molecule has 0 unspecified atom stereocenters. The van der Waals surface area contributed by atoms with Crippen LogP contribution in [0.2, 0.25) is 5.02 Å². The van der Waals surface area contributed by atoms with Crippen molar-refractivity contribution in [3.63, 3.8) is 0 Å². The number of tetrazole rings is 1. The number of hydrogen-bond acceptors (Lipinski definition) is 7. The molecule has 4 rings (SSSR count). The fraction of sp³-hybridized carbons (Fsp3) is 0.263. The third-order valence-corrected chi connectivity index (χ3v) is 7.84. The predicted molar refractivity (Wildman–Crippen MR) is 117 cm³/mol. The Bertz CT molecular complexity index is 1160. The van der Waals surface area contributed by atoms with Crippen molar-refractivity contribution in [3.8, 4) is 5.69 Å². The fourth-order valence-electron chi connectivity index (χ4n) is 3.18. The zero-order chi connectivity index (χ0) is 21.8. The van der Waals surface area contributed by atoms with Crippen molar-refractivity contribution < 1.29 is 13.2 Å². The van der Waals surface area contributed by atoms with Crippen LogP contribution in [0.5, 0.6) is 0 Å². The number of piperazine rings is 1. The second-order valence-corrected chi connectivity index (χ2v) is 10.1. The number of halogens is 1. The van der Waals surface area contributed by atoms with E-state index in [-0.39, 0.29) is 29.6 Å². The molecule has 31 heavy (non-hydrogen) atoms. The highest BCUT2D eigenvalue weighted by Gasteiger charge is 2.30. The molecule has 0 N–H and O–H groups in total. The first-order chi connectivity index (χ1) is 14.9. The third kappa shape index (κ3) is 4.90. The molecule has 2 heterocycles. The van der Waals surface area contributed by atoms with Gasteiger partial charge in [-0.05, 0) is 40.8 Å². The number of hydrogen-bond donors (Lipinski definition) is 0. The van der Waals surface area contributed by atoms with Gasteiger partial charge in [-0.3, -0.25) is 4.79 Å². The van der Waals surface area contributed by atoms with E-state index >= 15 is 0 Å². The van der Waals surface area contributed by atoms with Gasteiger partial charge in [0.15, 0.2) is 0 Å². The van der Waals surface area contributed by atoms with Gasteiger partial charge in [-0.1, -0.05) is 47.6 Å². The van der Waals surface area contributed by atoms with Crippen LogP contribution in [0, 0.1) is 0 Å². The molecule has 0 bridgehead atoms. The van der Waals surface area contributed by atoms with Crippen LogP contribution >= 0.6 is 23.4 Å². The summed E-state index contributed by atoms with van der Waals surface area (Å²) >= 11 is 7.25. The van der Waals surface area contributed by atoms with Crippen molar-refractivity contribution in [2.45, 2.75) is 10.1 Å². The maximum Gasteiger partial charge on any atom is 0.243 e. The zero-order valence-corrected chi connectivity index (χ0v) is 18.7. The Morgan fingerprint density at radius 3 is 2.48 bits per heavy atom. The van der Waals surface area contributed by atoms with Crippen molar-refractivity contribution >= 4 is 39.3 Å². The Labute approximate surface area is 189 Å². The highest BCUT2D eigenvalue weighted by molar-refractivity contribution is 7.99. The van der Waals surface area contributed by atoms with Gasteiger partial charge in [0, 0.05) is 31.2 Å². The lowest BCUT2D eigenvalue weighted by molar-refractivity contribution is -0.129. The molecule has 0 aliphatic carbocycles. The second-order valence-electron chi connectivity index (χ2n) is 6.74. The van der Waals surface area contributed by atoms with Gasteiger partial charge in [0.25, 0.3) is 0 Å². The largest absolute Gasteiger partial charge is 0.339 e. The van der Waals surface area contributed by atoms with Crippen LogP contribution in [-0.2, 0) is 14.8 Å². The lowest BCUT2D eigenvalue weighted by Crippen LogP contribution is -2.50. The Kier molecular flexibility index (Phi) is 6.56. The highest BCUT2D eigenvalue weighted by atomic mass is 35.5. The van der Waals surface area contributed by atoms with Crippen LogP contribution in [0.1, 0.15) is 0 Å². The monoisotopic (exact) mass is 478 g/mol. The average molecular weight is 479 g/mol. The van der Waals surface area contributed by atoms with E-state index in [4.69, 9.17) is 11.6 Å². The molecule has 0 atom stereocenters. The molecule has 0 saturated carbocycles. The van der Waals surface area contributed by atoms with E-state index in [9.17, 15) is 13.2 Å². The predicted octanol–water partition coefficient (Wildman–Crippen LogP) is 1.94. The summed E-state index contributed by atoms with van der Waals surface area (Å²) in [4.78, 5) is 14.6. The molecule has 12 heteroatoms. The smallest absolute Gasteiger partial charge is 0.243 e. The van der Waals surface area contributed by atoms with Crippen molar-refractivity contribution in [1.29, 1.82) is 0 Å². The van der Waals surface area contributed by atoms with Crippen LogP contribution in [0.25, 0.3) is 5.69 Å². The van der Waals surface area contributed by atoms with Crippen LogP contribution < -0.4 is 0 Å². The first kappa shape index (κ1) is 21.8. The molecule has 1 saturated heterocycles. The van der Waals surface area contributed by atoms with Gasteiger partial charge in [-0.15, -0.1) is 5.10 Å². The lowest BCUT2D eigenvalue weighted by Gasteiger charge is -2.34. The van der Waals surface area contributed by atoms with Crippen LogP contribution in [0.15, 0.2) is 64.6 Å². The van der Waals surface area contributed by atoms with Gasteiger partial charge in [0.2, 0.25) is 21.1 Å². The topological polar surface area (TPSA) is 101 Å². The summed E-state index contributed by atoms with van der Waals surface area (Å²) < 4.78 is 28.4. The molecule has 1 aromatic heterocycles. The summed E-state index contributed by atoms with van der Waals surface area (Å²) in [5, 5.41) is 12.7. The summed E-state index contributed by atoms with van der Waals surface area (Å²) in [5.74, 6) is 0.0502. The minimum Gasteiger partial charge on any atom is -0.339 e. The number of aromatic nitrogens is 4. The van der Waals surface area contributed by atoms with Gasteiger partial charge in [0.05, 0.1) is 16.3 Å². The molecule has 1 fully saturated rings. The lowest BCUT2D eigenvalue weighted by atomic mass is 10.3. The number of sulfonamides is 1. The third-order valence-electron chi connectivity index (χ3n) is 4.79. The van der Waals surface area contributed by atoms with Gasteiger partial charge in [-0.2, -0.15) is 8.99 Å². The van der Waals surface area contributed by atoms with Crippen molar-refractivity contribution in [3.05, 3.63) is 59.6 Å². The molecule has 3 aromatic rings. The molecule has 1 aliphatic rings. The maximum atomic E-state index is 12.7. The number of carbonyl (C=O) groups excluding carboxylic acids is 1. The Hall–Kier alpha value is -2.47. The van der Waals surface area contributed by atoms with Gasteiger partial charge >= 0.3 is 0 Å². The number of rotatable bonds is 6. The second kappa shape index (κ2) is 9.35. The first-order valence-corrected chi connectivity index (χ1v) is 12.3. The fourth-order valence-corrected chi connectivity index (χ4v) is 5.60. The van der Waals surface area contributed by atoms with E-state index in [1.807, 2.05) is 6.07 Å². The van der Waals surface area contributed by atoms with Crippen molar-refractivity contribution in [1.82, 2.24) is 29.4 Å². The standard InChI is InChI=1S/C19H19ClN6O3S2/c20-15-5-4-6-16(13-15)26-19(21-22-23-26)30-14-18(27)24-9-11-25(12-10-24)31(28,29)17-7-2-1-3-8-17/h1-8,13H,9-12,14H2. The number of carbonyl (C=O) groups is 1. The summed E-state index contributed by atoms with van der Waals surface area (Å²) in [5.41, 5.74) is 0.701. The van der Waals surface area contributed by atoms with Crippen LogP contribution in [0.3, 0.4) is 0 Å². The molecular formula is C19H19ClN6O3S2. The molecule has 2 aromatic carbocycles. The summed E-state index contributed by atoms with van der Waals surface area (Å²) in [7, 11) is -3.55. The first-order valence-electron chi connectivity index (χ1n) is 9.45. The van der Waals surface area contributed by atoms with Gasteiger partial charge in [-0.25, -0.2) is 8.42 Å². The van der Waals surface area contributed by atoms with Crippen LogP contribution in [-0.4, -0.2) is 75.7 Å². The average Bonchev–Trinajstić information content (AvgIpc) is 3.27. The quantitative estimate of drug-likeness (QED) is 0.499. The number of thioether (sulfide) groups is 1. The Balaban J connectivity index is 1.34. The Morgan fingerprint density at radius 2 is 1.77 bits per heavy atom. The van der Waals surface area contributed by atoms with E-state index in [2.05, 4.69) is 15.5 Å². The van der Waals surface area contributed by atoms with Crippen LogP contribution in [0.4, 0.5) is 0 Å². The molecule has 1 amide bonds. The van der Waals surface area contributed by atoms with E-state index in [0.717, 1.165) is 0 Å². The normalized spacial score (nSPS) is 15.2. The molecule has 0 spiro atoms. The highest BCUT2D eigenvalue weighted by Crippen LogP contribution is 2.22. The SMILES string of the molecule is O=C(CSc1nnnn1-c1cccc(Cl)c1)N1CCN(S(=O)(=O)c2ccccc2)CC1. The number of amides is 1. The number of nitrogens with zero attached hydrogens (tertiary/aromatic N) is 6. The van der Waals surface area contributed by atoms with E-state index in [1.165, 1.54) is 20.7 Å². The van der Waals surface area contributed by atoms with Crippen molar-refractivity contribution in [2.75, 3.05) is 31.9 Å². The summed E-state index contributed by atoms with van der Waals surface area (Å²) in [6.45, 7) is 1.19. The molecule has 162 valence electrons. The molecular weight excluding hydrogens is 460 g/mol. The van der Waals surface area contributed by atoms with Crippen molar-refractivity contribution in [2.24, 2.45) is 0 Å². The summed E-state index contributed by atoms with van der Waals surface area (Å²) in [6, 6.07) is 15.4.